The van der Waals surface area contributed by atoms with Crippen LogP contribution >= 0.6 is 22.6 Å². The van der Waals surface area contributed by atoms with Crippen LogP contribution in [0.1, 0.15) is 0 Å². The number of alkyl halides is 1. The molecule has 1 heterocycles. The molecule has 0 aromatic heterocycles. The van der Waals surface area contributed by atoms with Gasteiger partial charge in [-0.3, -0.25) is 5.01 Å². The van der Waals surface area contributed by atoms with Crippen molar-refractivity contribution in [1.82, 2.24) is 16.0 Å². The van der Waals surface area contributed by atoms with E-state index < -0.39 is 0 Å². The molecule has 0 amide bonds. The highest BCUT2D eigenvalue weighted by Crippen LogP contribution is 2.05. The van der Waals surface area contributed by atoms with Gasteiger partial charge in [0.05, 0.1) is 25.0 Å². The maximum absolute atomic E-state index is 9.31. The second kappa shape index (κ2) is 4.85. The summed E-state index contributed by atoms with van der Waals surface area (Å²) in [4.78, 5) is 0. The molecule has 0 aliphatic carbocycles. The Balaban J connectivity index is 2.37. The van der Waals surface area contributed by atoms with Crippen molar-refractivity contribution in [3.63, 3.8) is 0 Å². The van der Waals surface area contributed by atoms with E-state index in [2.05, 4.69) is 33.6 Å². The molecule has 0 unspecified atom stereocenters. The first kappa shape index (κ1) is 10.0. The van der Waals surface area contributed by atoms with Crippen LogP contribution in [0.4, 0.5) is 0 Å². The van der Waals surface area contributed by atoms with Gasteiger partial charge in [0, 0.05) is 10.6 Å². The topological polar surface area (TPSA) is 67.8 Å². The van der Waals surface area contributed by atoms with Crippen LogP contribution < -0.4 is 11.0 Å². The highest BCUT2D eigenvalue weighted by molar-refractivity contribution is 14.1. The molecule has 4 N–H and O–H groups in total. The Kier molecular flexibility index (Phi) is 4.06. The largest absolute Gasteiger partial charge is 0.390 e. The summed E-state index contributed by atoms with van der Waals surface area (Å²) in [5.74, 6) is 0. The van der Waals surface area contributed by atoms with Crippen LogP contribution in [0.25, 0.3) is 0 Å². The lowest BCUT2D eigenvalue weighted by Gasteiger charge is -2.22. The van der Waals surface area contributed by atoms with E-state index in [0.717, 1.165) is 5.70 Å². The fourth-order valence-corrected chi connectivity index (χ4v) is 1.18. The van der Waals surface area contributed by atoms with Crippen molar-refractivity contribution in [2.75, 3.05) is 17.6 Å². The zero-order valence-electron chi connectivity index (χ0n) is 6.50. The highest BCUT2D eigenvalue weighted by Gasteiger charge is 2.16. The maximum Gasteiger partial charge on any atom is 0.0859 e. The zero-order valence-corrected chi connectivity index (χ0v) is 8.65. The fraction of sp³-hybridized carbons (Fsp3) is 0.667. The van der Waals surface area contributed by atoms with Gasteiger partial charge in [-0.25, -0.2) is 0 Å². The summed E-state index contributed by atoms with van der Waals surface area (Å²) in [5.41, 5.74) is 6.27. The Labute approximate surface area is 84.5 Å². The van der Waals surface area contributed by atoms with Crippen molar-refractivity contribution in [1.29, 1.82) is 0 Å². The SMILES string of the molecule is OCC1=CNNN1C[C@H](O)CI. The van der Waals surface area contributed by atoms with Gasteiger partial charge in [0.15, 0.2) is 0 Å². The second-order valence-electron chi connectivity index (χ2n) is 2.47. The summed E-state index contributed by atoms with van der Waals surface area (Å²) in [6.45, 7) is 0.441. The van der Waals surface area contributed by atoms with E-state index in [4.69, 9.17) is 5.11 Å². The molecule has 1 aliphatic rings. The van der Waals surface area contributed by atoms with Gasteiger partial charge in [-0.2, -0.15) is 0 Å². The van der Waals surface area contributed by atoms with Crippen LogP contribution in [0.2, 0.25) is 0 Å². The molecule has 0 aromatic rings. The van der Waals surface area contributed by atoms with E-state index in [1.165, 1.54) is 0 Å². The molecule has 70 valence electrons. The van der Waals surface area contributed by atoms with Gasteiger partial charge in [0.1, 0.15) is 0 Å². The average molecular weight is 285 g/mol. The van der Waals surface area contributed by atoms with Gasteiger partial charge in [0.2, 0.25) is 0 Å². The van der Waals surface area contributed by atoms with E-state index in [-0.39, 0.29) is 12.7 Å². The Morgan fingerprint density at radius 2 is 2.42 bits per heavy atom. The Morgan fingerprint density at radius 1 is 1.67 bits per heavy atom. The summed E-state index contributed by atoms with van der Waals surface area (Å²) in [6, 6.07) is 0. The molecule has 0 spiro atoms. The van der Waals surface area contributed by atoms with E-state index >= 15 is 0 Å². The molecule has 0 saturated heterocycles. The van der Waals surface area contributed by atoms with E-state index in [1.54, 1.807) is 11.2 Å². The first-order valence-electron chi connectivity index (χ1n) is 3.60. The quantitative estimate of drug-likeness (QED) is 0.392. The van der Waals surface area contributed by atoms with Gasteiger partial charge in [-0.1, -0.05) is 22.6 Å². The van der Waals surface area contributed by atoms with Crippen molar-refractivity contribution in [2.24, 2.45) is 0 Å². The number of aliphatic hydroxyl groups is 2. The number of hydrazine groups is 2. The lowest BCUT2D eigenvalue weighted by molar-refractivity contribution is 0.114. The molecule has 1 rings (SSSR count). The lowest BCUT2D eigenvalue weighted by atomic mass is 10.3. The third-order valence-electron chi connectivity index (χ3n) is 1.52. The highest BCUT2D eigenvalue weighted by atomic mass is 127. The second-order valence-corrected chi connectivity index (χ2v) is 3.35. The van der Waals surface area contributed by atoms with Crippen LogP contribution in [-0.2, 0) is 0 Å². The molecule has 12 heavy (non-hydrogen) atoms. The first-order chi connectivity index (χ1) is 5.77. The Bertz CT molecular complexity index is 176. The molecule has 1 aliphatic heterocycles. The molecule has 5 nitrogen and oxygen atoms in total. The van der Waals surface area contributed by atoms with Crippen molar-refractivity contribution in [2.45, 2.75) is 6.10 Å². The number of hydrogen-bond donors (Lipinski definition) is 4. The molecule has 0 aromatic carbocycles. The summed E-state index contributed by atoms with van der Waals surface area (Å²) < 4.78 is 0.675. The number of hydrogen-bond acceptors (Lipinski definition) is 5. The Morgan fingerprint density at radius 3 is 3.00 bits per heavy atom. The third-order valence-corrected chi connectivity index (χ3v) is 2.54. The standard InChI is InChI=1S/C6H12IN3O2/c7-1-6(12)3-10-5(4-11)2-8-9-10/h2,6,8-9,11-12H,1,3-4H2/t6-/m1/s1. The number of β-amino-alcohol motifs (C(OH)–C–C–N with tert-alkyl or cyclic N) is 1. The van der Waals surface area contributed by atoms with Crippen LogP contribution in [0.15, 0.2) is 11.9 Å². The summed E-state index contributed by atoms with van der Waals surface area (Å²) in [6.07, 6.45) is 1.29. The van der Waals surface area contributed by atoms with Crippen molar-refractivity contribution in [3.05, 3.63) is 11.9 Å². The minimum absolute atomic E-state index is 0.0338. The zero-order chi connectivity index (χ0) is 8.97. The molecular weight excluding hydrogens is 273 g/mol. The van der Waals surface area contributed by atoms with E-state index in [9.17, 15) is 5.11 Å². The normalized spacial score (nSPS) is 18.9. The lowest BCUT2D eigenvalue weighted by Crippen LogP contribution is -2.42. The van der Waals surface area contributed by atoms with E-state index in [1.807, 2.05) is 0 Å². The van der Waals surface area contributed by atoms with Gasteiger partial charge in [-0.15, -0.1) is 5.53 Å². The number of nitrogens with zero attached hydrogens (tertiary/aromatic N) is 1. The van der Waals surface area contributed by atoms with Gasteiger partial charge in [0.25, 0.3) is 0 Å². The average Bonchev–Trinajstić information content (AvgIpc) is 2.51. The molecule has 1 atom stereocenters. The number of halogens is 1. The van der Waals surface area contributed by atoms with Gasteiger partial charge >= 0.3 is 0 Å². The number of nitrogens with one attached hydrogen (secondary N) is 2. The van der Waals surface area contributed by atoms with E-state index in [0.29, 0.717) is 11.0 Å². The summed E-state index contributed by atoms with van der Waals surface area (Å²) >= 11 is 2.11. The number of aliphatic hydroxyl groups excluding tert-OH is 2. The third kappa shape index (κ3) is 2.47. The fourth-order valence-electron chi connectivity index (χ4n) is 0.897. The van der Waals surface area contributed by atoms with Gasteiger partial charge < -0.3 is 15.6 Å². The van der Waals surface area contributed by atoms with Crippen LogP contribution in [0.3, 0.4) is 0 Å². The summed E-state index contributed by atoms with van der Waals surface area (Å²) in [5, 5.41) is 19.8. The number of rotatable bonds is 4. The molecule has 0 bridgehead atoms. The monoisotopic (exact) mass is 285 g/mol. The predicted octanol–water partition coefficient (Wildman–Crippen LogP) is -1.06. The first-order valence-corrected chi connectivity index (χ1v) is 5.13. The van der Waals surface area contributed by atoms with Crippen LogP contribution in [0, 0.1) is 0 Å². The molecule has 0 radical (unpaired) electrons. The van der Waals surface area contributed by atoms with Crippen molar-refractivity contribution >= 4 is 22.6 Å². The maximum atomic E-state index is 9.31. The predicted molar refractivity (Wildman–Crippen MR) is 53.0 cm³/mol. The molecule has 0 saturated carbocycles. The molecule has 6 heteroatoms. The van der Waals surface area contributed by atoms with Crippen LogP contribution in [-0.4, -0.2) is 38.9 Å². The van der Waals surface area contributed by atoms with Gasteiger partial charge in [-0.05, 0) is 0 Å². The minimum Gasteiger partial charge on any atom is -0.390 e. The summed E-state index contributed by atoms with van der Waals surface area (Å²) in [7, 11) is 0. The molecular formula is C6H12IN3O2. The van der Waals surface area contributed by atoms with Crippen molar-refractivity contribution < 1.29 is 10.2 Å². The van der Waals surface area contributed by atoms with Crippen LogP contribution in [0.5, 0.6) is 0 Å². The van der Waals surface area contributed by atoms with Crippen molar-refractivity contribution in [3.8, 4) is 0 Å². The Hall–Kier alpha value is -0.0500. The molecule has 0 fully saturated rings. The minimum atomic E-state index is -0.382. The smallest absolute Gasteiger partial charge is 0.0859 e.